The molecule has 7 heavy (non-hydrogen) atoms. The van der Waals surface area contributed by atoms with Gasteiger partial charge in [0.1, 0.15) is 0 Å². The van der Waals surface area contributed by atoms with Crippen LogP contribution in [0.4, 0.5) is 0 Å². The molecular formula is H3NiO4RbSe. The smallest absolute Gasteiger partial charge is 1.00 e. The van der Waals surface area contributed by atoms with Crippen molar-refractivity contribution in [1.82, 2.24) is 0 Å². The summed E-state index contributed by atoms with van der Waals surface area (Å²) < 4.78 is 31.9. The van der Waals surface area contributed by atoms with Crippen LogP contribution in [0.5, 0.6) is 0 Å². The second-order valence-electron chi connectivity index (χ2n) is 0.448. The van der Waals surface area contributed by atoms with Crippen molar-refractivity contribution in [2.24, 2.45) is 0 Å². The molecule has 0 rings (SSSR count). The van der Waals surface area contributed by atoms with Crippen molar-refractivity contribution in [2.75, 3.05) is 0 Å². The van der Waals surface area contributed by atoms with E-state index in [0.29, 0.717) is 0 Å². The third kappa shape index (κ3) is 61.3. The van der Waals surface area contributed by atoms with Gasteiger partial charge < -0.3 is 1.43 Å². The van der Waals surface area contributed by atoms with Crippen molar-refractivity contribution in [3.05, 3.63) is 0 Å². The van der Waals surface area contributed by atoms with Crippen LogP contribution in [0.15, 0.2) is 0 Å². The van der Waals surface area contributed by atoms with Crippen LogP contribution in [0, 0.1) is 0 Å². The summed E-state index contributed by atoms with van der Waals surface area (Å²) in [6.07, 6.45) is 0. The van der Waals surface area contributed by atoms with Crippen molar-refractivity contribution in [3.8, 4) is 0 Å². The number of rotatable bonds is 0. The molecule has 0 aromatic rings. The minimum absolute atomic E-state index is 0. The van der Waals surface area contributed by atoms with Crippen molar-refractivity contribution >= 4 is 13.4 Å². The largest absolute Gasteiger partial charge is 1.00 e. The molecule has 44 valence electrons. The molecule has 0 spiro atoms. The molecule has 0 aliphatic heterocycles. The zero-order valence-corrected chi connectivity index (χ0v) is 11.1. The van der Waals surface area contributed by atoms with Gasteiger partial charge in [-0.2, -0.15) is 0 Å². The fourth-order valence-corrected chi connectivity index (χ4v) is 0. The third-order valence-electron chi connectivity index (χ3n) is 0. The van der Waals surface area contributed by atoms with E-state index in [2.05, 4.69) is 0 Å². The van der Waals surface area contributed by atoms with Gasteiger partial charge in [-0.1, -0.05) is 0 Å². The van der Waals surface area contributed by atoms with Crippen molar-refractivity contribution in [3.63, 3.8) is 0 Å². The Bertz CT molecular complexity index is 99.2. The monoisotopic (exact) mass is 290 g/mol. The molecule has 0 bridgehead atoms. The third-order valence-corrected chi connectivity index (χ3v) is 0. The predicted octanol–water partition coefficient (Wildman–Crippen LogP) is -4.62. The molecule has 0 amide bonds. The van der Waals surface area contributed by atoms with Gasteiger partial charge in [0.2, 0.25) is 0 Å². The first-order valence-corrected chi connectivity index (χ1v) is 3.63. The first-order valence-electron chi connectivity index (χ1n) is 0.698. The van der Waals surface area contributed by atoms with Gasteiger partial charge in [-0.15, -0.1) is 0 Å². The fraction of sp³-hybridized carbons (Fsp3) is 0. The molecule has 0 aromatic heterocycles. The first kappa shape index (κ1) is 16.2. The normalized spacial score (nSPS) is 8.29. The minimum Gasteiger partial charge on any atom is -1.00 e. The van der Waals surface area contributed by atoms with Crippen LogP contribution in [0.25, 0.3) is 0 Å². The molecule has 0 unspecified atom stereocenters. The van der Waals surface area contributed by atoms with E-state index in [0.717, 1.165) is 0 Å². The van der Waals surface area contributed by atoms with Crippen LogP contribution in [-0.4, -0.2) is 21.7 Å². The van der Waals surface area contributed by atoms with E-state index in [1.165, 1.54) is 0 Å². The van der Waals surface area contributed by atoms with Gasteiger partial charge in [0.15, 0.2) is 0 Å². The summed E-state index contributed by atoms with van der Waals surface area (Å²) in [7, 11) is 0. The first-order chi connectivity index (χ1) is 2.00. The maximum atomic E-state index is 8.82. The van der Waals surface area contributed by atoms with Gasteiger partial charge in [-0.25, -0.2) is 0 Å². The van der Waals surface area contributed by atoms with Gasteiger partial charge >= 0.3 is 87.6 Å². The van der Waals surface area contributed by atoms with Gasteiger partial charge in [-0.05, 0) is 0 Å². The summed E-state index contributed by atoms with van der Waals surface area (Å²) in [6, 6.07) is 0. The molecule has 0 fully saturated rings. The van der Waals surface area contributed by atoms with E-state index >= 15 is 0 Å². The molecule has 0 heterocycles. The van der Waals surface area contributed by atoms with Crippen LogP contribution in [0.1, 0.15) is 1.43 Å². The quantitative estimate of drug-likeness (QED) is 0.440. The second-order valence-corrected chi connectivity index (χ2v) is 2.33. The fourth-order valence-electron chi connectivity index (χ4n) is 0. The SMILES string of the molecule is O=[Se](=O)(O)O.[H-].[Ni].[Rb+]. The Labute approximate surface area is 103 Å². The minimum atomic E-state index is -5.25. The molecule has 0 aliphatic carbocycles. The van der Waals surface area contributed by atoms with Gasteiger partial charge in [0.05, 0.1) is 0 Å². The predicted molar refractivity (Wildman–Crippen MR) is 12.7 cm³/mol. The maximum Gasteiger partial charge on any atom is 1.00 e. The maximum absolute atomic E-state index is 8.82. The van der Waals surface area contributed by atoms with Crippen molar-refractivity contribution in [2.45, 2.75) is 0 Å². The van der Waals surface area contributed by atoms with Crippen molar-refractivity contribution in [1.29, 1.82) is 0 Å². The van der Waals surface area contributed by atoms with Crippen molar-refractivity contribution < 1.29 is 92.2 Å². The summed E-state index contributed by atoms with van der Waals surface area (Å²) in [4.78, 5) is 0. The van der Waals surface area contributed by atoms with E-state index < -0.39 is 13.4 Å². The summed E-state index contributed by atoms with van der Waals surface area (Å²) >= 11 is -5.25. The molecule has 0 atom stereocenters. The Kier molecular flexibility index (Phi) is 14.9. The Morgan fingerprint density at radius 3 is 1.29 bits per heavy atom. The Morgan fingerprint density at radius 1 is 1.29 bits per heavy atom. The zero-order valence-electron chi connectivity index (χ0n) is 4.44. The number of hydrogen-bond acceptors (Lipinski definition) is 2. The molecule has 7 heteroatoms. The summed E-state index contributed by atoms with van der Waals surface area (Å²) in [5.41, 5.74) is 0. The standard InChI is InChI=1S/Ni.H2O4Se.Rb.H/c;1-5(2,3)4;;/h;(H2,1,2,3,4);;/q;;+1;-1. The zero-order chi connectivity index (χ0) is 4.50. The molecule has 0 saturated heterocycles. The molecule has 0 radical (unpaired) electrons. The van der Waals surface area contributed by atoms with Crippen LogP contribution in [0.2, 0.25) is 0 Å². The summed E-state index contributed by atoms with van der Waals surface area (Å²) in [5, 5.41) is 0. The Balaban J connectivity index is -0.0000000267. The van der Waals surface area contributed by atoms with Crippen LogP contribution in [-0.2, 0) is 24.2 Å². The van der Waals surface area contributed by atoms with E-state index in [9.17, 15) is 0 Å². The van der Waals surface area contributed by atoms with Gasteiger partial charge in [-0.3, -0.25) is 0 Å². The summed E-state index contributed by atoms with van der Waals surface area (Å²) in [6.45, 7) is 0. The van der Waals surface area contributed by atoms with E-state index in [4.69, 9.17) is 16.0 Å². The van der Waals surface area contributed by atoms with Crippen LogP contribution in [0.3, 0.4) is 0 Å². The van der Waals surface area contributed by atoms with Crippen LogP contribution >= 0.6 is 0 Å². The average molecular weight is 290 g/mol. The van der Waals surface area contributed by atoms with Crippen LogP contribution < -0.4 is 58.2 Å². The molecule has 0 aliphatic rings. The van der Waals surface area contributed by atoms with E-state index in [1.807, 2.05) is 0 Å². The number of hydrogen-bond donors (Lipinski definition) is 2. The Morgan fingerprint density at radius 2 is 1.29 bits per heavy atom. The Hall–Kier alpha value is 2.34. The average Bonchev–Trinajstić information content (AvgIpc) is 0.722. The van der Waals surface area contributed by atoms with Gasteiger partial charge in [0, 0.05) is 16.5 Å². The molecule has 0 aromatic carbocycles. The van der Waals surface area contributed by atoms with E-state index in [1.54, 1.807) is 0 Å². The van der Waals surface area contributed by atoms with E-state index in [-0.39, 0.29) is 76.1 Å². The molecule has 0 saturated carbocycles. The second kappa shape index (κ2) is 6.46. The summed E-state index contributed by atoms with van der Waals surface area (Å²) in [5.74, 6) is 0. The van der Waals surface area contributed by atoms with Gasteiger partial charge in [0.25, 0.3) is 0 Å². The topological polar surface area (TPSA) is 74.6 Å². The molecular weight excluding hydrogens is 287 g/mol. The molecule has 4 nitrogen and oxygen atoms in total. The molecule has 2 N–H and O–H groups in total.